The summed E-state index contributed by atoms with van der Waals surface area (Å²) >= 11 is 0. The fourth-order valence-corrected chi connectivity index (χ4v) is 6.20. The summed E-state index contributed by atoms with van der Waals surface area (Å²) in [5, 5.41) is 3.26. The zero-order valence-electron chi connectivity index (χ0n) is 25.7. The van der Waals surface area contributed by atoms with Gasteiger partial charge in [0.1, 0.15) is 0 Å². The van der Waals surface area contributed by atoms with Crippen molar-refractivity contribution in [2.45, 2.75) is 150 Å². The molecule has 0 heterocycles. The summed E-state index contributed by atoms with van der Waals surface area (Å²) in [6.07, 6.45) is 27.6. The smallest absolute Gasteiger partial charge is 0.0166 e. The Bertz CT molecular complexity index is 568. The van der Waals surface area contributed by atoms with Gasteiger partial charge in [-0.25, -0.2) is 0 Å². The summed E-state index contributed by atoms with van der Waals surface area (Å²) in [6, 6.07) is 0.787. The van der Waals surface area contributed by atoms with Crippen LogP contribution in [-0.2, 0) is 0 Å². The predicted octanol–water partition coefficient (Wildman–Crippen LogP) is 9.95. The maximum atomic E-state index is 4.50. The van der Waals surface area contributed by atoms with Gasteiger partial charge in [-0.3, -0.25) is 4.90 Å². The van der Waals surface area contributed by atoms with E-state index in [1.807, 2.05) is 0 Å². The van der Waals surface area contributed by atoms with Gasteiger partial charge in [0.2, 0.25) is 0 Å². The lowest BCUT2D eigenvalue weighted by molar-refractivity contribution is 0.225. The minimum absolute atomic E-state index is 0.542. The van der Waals surface area contributed by atoms with Crippen LogP contribution in [0.1, 0.15) is 144 Å². The molecule has 0 saturated heterocycles. The van der Waals surface area contributed by atoms with E-state index in [0.717, 1.165) is 31.0 Å². The molecule has 0 aliphatic heterocycles. The van der Waals surface area contributed by atoms with E-state index in [9.17, 15) is 0 Å². The molecule has 4 atom stereocenters. The zero-order valence-corrected chi connectivity index (χ0v) is 25.7. The molecule has 212 valence electrons. The first kappa shape index (κ1) is 33.4. The van der Waals surface area contributed by atoms with Crippen LogP contribution in [0.4, 0.5) is 0 Å². The number of allylic oxidation sites excluding steroid dienone is 2. The molecule has 1 aliphatic rings. The van der Waals surface area contributed by atoms with Gasteiger partial charge in [-0.15, -0.1) is 0 Å². The molecule has 2 nitrogen and oxygen atoms in total. The average molecular weight is 503 g/mol. The van der Waals surface area contributed by atoms with E-state index >= 15 is 0 Å². The third-order valence-corrected chi connectivity index (χ3v) is 8.94. The molecule has 0 aromatic carbocycles. The van der Waals surface area contributed by atoms with Crippen molar-refractivity contribution in [3.63, 3.8) is 0 Å². The van der Waals surface area contributed by atoms with Crippen LogP contribution in [0.2, 0.25) is 0 Å². The van der Waals surface area contributed by atoms with Crippen LogP contribution in [0.3, 0.4) is 0 Å². The molecule has 4 unspecified atom stereocenters. The van der Waals surface area contributed by atoms with E-state index in [1.165, 1.54) is 121 Å². The fourth-order valence-electron chi connectivity index (χ4n) is 6.20. The number of hydrogen-bond donors (Lipinski definition) is 1. The number of nitrogens with one attached hydrogen (secondary N) is 1. The molecule has 0 aromatic heterocycles. The van der Waals surface area contributed by atoms with Crippen molar-refractivity contribution in [1.82, 2.24) is 10.2 Å². The highest BCUT2D eigenvalue weighted by atomic mass is 15.2. The molecule has 0 spiro atoms. The molecule has 1 N–H and O–H groups in total. The molecular formula is C34H66N2. The van der Waals surface area contributed by atoms with E-state index in [2.05, 4.69) is 70.6 Å². The molecule has 0 radical (unpaired) electrons. The number of nitrogens with zero attached hydrogens (tertiary/aromatic N) is 1. The van der Waals surface area contributed by atoms with Crippen LogP contribution in [0, 0.1) is 17.3 Å². The first-order chi connectivity index (χ1) is 17.4. The van der Waals surface area contributed by atoms with Crippen LogP contribution >= 0.6 is 0 Å². The Kier molecular flexibility index (Phi) is 18.9. The SMILES string of the molecule is C=C(CCCN(C/C=C\CCCCCNC)C1CC1(C)CC(CC)CCCC)CC(CC)CCCC. The van der Waals surface area contributed by atoms with Crippen molar-refractivity contribution in [2.75, 3.05) is 26.7 Å². The third-order valence-electron chi connectivity index (χ3n) is 8.94. The lowest BCUT2D eigenvalue weighted by atomic mass is 9.87. The van der Waals surface area contributed by atoms with Crippen LogP contribution in [0.25, 0.3) is 0 Å². The maximum Gasteiger partial charge on any atom is 0.0166 e. The minimum atomic E-state index is 0.542. The van der Waals surface area contributed by atoms with Crippen molar-refractivity contribution in [1.29, 1.82) is 0 Å². The monoisotopic (exact) mass is 503 g/mol. The quantitative estimate of drug-likeness (QED) is 0.0986. The maximum absolute atomic E-state index is 4.50. The van der Waals surface area contributed by atoms with Gasteiger partial charge in [0, 0.05) is 12.6 Å². The molecular weight excluding hydrogens is 436 g/mol. The van der Waals surface area contributed by atoms with Crippen molar-refractivity contribution in [3.8, 4) is 0 Å². The summed E-state index contributed by atoms with van der Waals surface area (Å²) in [4.78, 5) is 2.84. The average Bonchev–Trinajstić information content (AvgIpc) is 3.54. The van der Waals surface area contributed by atoms with Gasteiger partial charge >= 0.3 is 0 Å². The van der Waals surface area contributed by atoms with Gasteiger partial charge in [-0.2, -0.15) is 0 Å². The summed E-state index contributed by atoms with van der Waals surface area (Å²) in [7, 11) is 2.05. The van der Waals surface area contributed by atoms with Crippen molar-refractivity contribution >= 4 is 0 Å². The summed E-state index contributed by atoms with van der Waals surface area (Å²) < 4.78 is 0. The Hall–Kier alpha value is -0.600. The van der Waals surface area contributed by atoms with Crippen LogP contribution in [0.15, 0.2) is 24.3 Å². The Morgan fingerprint density at radius 2 is 1.64 bits per heavy atom. The molecule has 0 bridgehead atoms. The highest BCUT2D eigenvalue weighted by Crippen LogP contribution is 2.54. The first-order valence-corrected chi connectivity index (χ1v) is 16.1. The largest absolute Gasteiger partial charge is 0.320 e. The number of hydrogen-bond acceptors (Lipinski definition) is 2. The fraction of sp³-hybridized carbons (Fsp3) is 0.882. The van der Waals surface area contributed by atoms with Crippen molar-refractivity contribution in [2.24, 2.45) is 17.3 Å². The van der Waals surface area contributed by atoms with Gasteiger partial charge in [0.05, 0.1) is 0 Å². The highest BCUT2D eigenvalue weighted by Gasteiger charge is 2.52. The Labute approximate surface area is 228 Å². The Balaban J connectivity index is 2.58. The standard InChI is InChI=1S/C34H66N2/c1-8-12-22-31(10-3)27-30(5)21-20-26-36(25-19-17-15-14-16-18-24-35-7)33-29-34(33,6)28-32(11-4)23-13-9-2/h17,19,31-33,35H,5,8-16,18,20-29H2,1-4,6-7H3/b19-17-. The lowest BCUT2D eigenvalue weighted by Gasteiger charge is -2.27. The number of unbranched alkanes of at least 4 members (excludes halogenated alkanes) is 5. The van der Waals surface area contributed by atoms with Gasteiger partial charge in [0.25, 0.3) is 0 Å². The second kappa shape index (κ2) is 20.4. The van der Waals surface area contributed by atoms with Gasteiger partial charge in [0.15, 0.2) is 0 Å². The molecule has 0 amide bonds. The van der Waals surface area contributed by atoms with E-state index in [1.54, 1.807) is 0 Å². The van der Waals surface area contributed by atoms with Gasteiger partial charge in [-0.1, -0.05) is 117 Å². The molecule has 0 aromatic rings. The van der Waals surface area contributed by atoms with E-state index in [-0.39, 0.29) is 0 Å². The van der Waals surface area contributed by atoms with Gasteiger partial charge < -0.3 is 5.32 Å². The topological polar surface area (TPSA) is 15.3 Å². The first-order valence-electron chi connectivity index (χ1n) is 16.1. The molecule has 1 fully saturated rings. The Morgan fingerprint density at radius 3 is 2.28 bits per heavy atom. The van der Waals surface area contributed by atoms with E-state index in [0.29, 0.717) is 5.41 Å². The lowest BCUT2D eigenvalue weighted by Crippen LogP contribution is -2.31. The van der Waals surface area contributed by atoms with Crippen LogP contribution in [0.5, 0.6) is 0 Å². The summed E-state index contributed by atoms with van der Waals surface area (Å²) in [6.45, 7) is 20.0. The predicted molar refractivity (Wildman–Crippen MR) is 164 cm³/mol. The van der Waals surface area contributed by atoms with Gasteiger partial charge in [-0.05, 0) is 88.8 Å². The highest BCUT2D eigenvalue weighted by molar-refractivity contribution is 5.08. The Morgan fingerprint density at radius 1 is 0.944 bits per heavy atom. The normalized spacial score (nSPS) is 21.4. The van der Waals surface area contributed by atoms with Crippen molar-refractivity contribution in [3.05, 3.63) is 24.3 Å². The molecule has 1 rings (SSSR count). The van der Waals surface area contributed by atoms with E-state index < -0.39 is 0 Å². The van der Waals surface area contributed by atoms with Crippen LogP contribution in [-0.4, -0.2) is 37.6 Å². The third kappa shape index (κ3) is 14.4. The molecule has 36 heavy (non-hydrogen) atoms. The van der Waals surface area contributed by atoms with Crippen LogP contribution < -0.4 is 5.32 Å². The molecule has 1 aliphatic carbocycles. The number of rotatable bonds is 25. The van der Waals surface area contributed by atoms with E-state index in [4.69, 9.17) is 0 Å². The summed E-state index contributed by atoms with van der Waals surface area (Å²) in [5.74, 6) is 1.77. The second-order valence-corrected chi connectivity index (χ2v) is 12.4. The second-order valence-electron chi connectivity index (χ2n) is 12.4. The minimum Gasteiger partial charge on any atom is -0.320 e. The molecule has 1 saturated carbocycles. The van der Waals surface area contributed by atoms with Crippen molar-refractivity contribution < 1.29 is 0 Å². The zero-order chi connectivity index (χ0) is 26.7. The summed E-state index contributed by atoms with van der Waals surface area (Å²) in [5.41, 5.74) is 2.04. The molecule has 2 heteroatoms.